The first-order valence-electron chi connectivity index (χ1n) is 5.71. The second-order valence-corrected chi connectivity index (χ2v) is 4.94. The first-order chi connectivity index (χ1) is 9.58. The summed E-state index contributed by atoms with van der Waals surface area (Å²) in [4.78, 5) is 18.9. The van der Waals surface area contributed by atoms with E-state index >= 15 is 0 Å². The first-order valence-corrected chi connectivity index (χ1v) is 6.46. The van der Waals surface area contributed by atoms with E-state index in [2.05, 4.69) is 9.97 Å². The third-order valence-electron chi connectivity index (χ3n) is 2.89. The van der Waals surface area contributed by atoms with Crippen molar-refractivity contribution in [2.45, 2.75) is 0 Å². The number of H-pyrrole nitrogens is 1. The number of hydrogen-bond donors (Lipinski definition) is 1. The van der Waals surface area contributed by atoms with Crippen LogP contribution in [-0.4, -0.2) is 9.97 Å². The topological polar surface area (TPSA) is 45.8 Å². The lowest BCUT2D eigenvalue weighted by Crippen LogP contribution is -2.09. The van der Waals surface area contributed by atoms with Crippen LogP contribution >= 0.6 is 23.2 Å². The third kappa shape index (κ3) is 2.07. The summed E-state index contributed by atoms with van der Waals surface area (Å²) in [7, 11) is 0. The second-order valence-electron chi connectivity index (χ2n) is 4.15. The lowest BCUT2D eigenvalue weighted by molar-refractivity contribution is 0.628. The third-order valence-corrected chi connectivity index (χ3v) is 3.58. The lowest BCUT2D eigenvalue weighted by Gasteiger charge is -2.08. The van der Waals surface area contributed by atoms with Gasteiger partial charge < -0.3 is 4.98 Å². The molecule has 0 atom stereocenters. The van der Waals surface area contributed by atoms with Crippen molar-refractivity contribution in [3.05, 3.63) is 62.6 Å². The van der Waals surface area contributed by atoms with Gasteiger partial charge in [0, 0.05) is 0 Å². The van der Waals surface area contributed by atoms with Crippen LogP contribution in [-0.2, 0) is 0 Å². The first kappa shape index (κ1) is 13.1. The van der Waals surface area contributed by atoms with Crippen molar-refractivity contribution >= 4 is 34.1 Å². The Balaban J connectivity index is 2.36. The highest BCUT2D eigenvalue weighted by atomic mass is 35.5. The molecule has 1 heterocycles. The maximum atomic E-state index is 13.5. The van der Waals surface area contributed by atoms with Crippen molar-refractivity contribution in [1.82, 2.24) is 9.97 Å². The van der Waals surface area contributed by atoms with Gasteiger partial charge in [-0.05, 0) is 24.3 Å². The van der Waals surface area contributed by atoms with Crippen molar-refractivity contribution in [3.63, 3.8) is 0 Å². The van der Waals surface area contributed by atoms with Crippen LogP contribution in [0.3, 0.4) is 0 Å². The van der Waals surface area contributed by atoms with Gasteiger partial charge in [-0.3, -0.25) is 4.79 Å². The molecule has 2 aromatic carbocycles. The maximum Gasteiger partial charge on any atom is 0.259 e. The molecule has 6 heteroatoms. The van der Waals surface area contributed by atoms with Crippen molar-refractivity contribution in [1.29, 1.82) is 0 Å². The van der Waals surface area contributed by atoms with Crippen LogP contribution in [0.25, 0.3) is 22.3 Å². The Kier molecular flexibility index (Phi) is 3.20. The molecular weight excluding hydrogens is 302 g/mol. The van der Waals surface area contributed by atoms with Gasteiger partial charge in [0.25, 0.3) is 5.56 Å². The number of benzene rings is 2. The van der Waals surface area contributed by atoms with E-state index in [1.54, 1.807) is 24.3 Å². The minimum atomic E-state index is -0.623. The summed E-state index contributed by atoms with van der Waals surface area (Å²) < 4.78 is 13.5. The van der Waals surface area contributed by atoms with Gasteiger partial charge in [0.2, 0.25) is 0 Å². The highest BCUT2D eigenvalue weighted by Gasteiger charge is 2.16. The highest BCUT2D eigenvalue weighted by molar-refractivity contribution is 6.39. The fourth-order valence-corrected chi connectivity index (χ4v) is 2.50. The van der Waals surface area contributed by atoms with Crippen LogP contribution in [0.15, 0.2) is 41.2 Å². The molecule has 0 aliphatic rings. The summed E-state index contributed by atoms with van der Waals surface area (Å²) in [5.74, 6) is -0.481. The predicted octanol–water partition coefficient (Wildman–Crippen LogP) is 4.04. The maximum absolute atomic E-state index is 13.5. The van der Waals surface area contributed by atoms with E-state index in [1.807, 2.05) is 0 Å². The number of aromatic amines is 1. The van der Waals surface area contributed by atoms with E-state index in [0.29, 0.717) is 10.9 Å². The molecule has 0 saturated carbocycles. The summed E-state index contributed by atoms with van der Waals surface area (Å²) in [5, 5.41) is 0.491. The summed E-state index contributed by atoms with van der Waals surface area (Å²) in [6.07, 6.45) is 0. The molecule has 100 valence electrons. The zero-order valence-corrected chi connectivity index (χ0v) is 11.5. The number of rotatable bonds is 1. The van der Waals surface area contributed by atoms with Gasteiger partial charge in [0.1, 0.15) is 11.6 Å². The van der Waals surface area contributed by atoms with E-state index in [4.69, 9.17) is 23.2 Å². The minimum absolute atomic E-state index is 0.142. The van der Waals surface area contributed by atoms with Gasteiger partial charge in [0.05, 0.1) is 26.5 Å². The van der Waals surface area contributed by atoms with Crippen LogP contribution in [0, 0.1) is 5.82 Å². The average Bonchev–Trinajstić information content (AvgIpc) is 2.44. The molecule has 0 bridgehead atoms. The number of nitrogens with one attached hydrogen (secondary N) is 1. The van der Waals surface area contributed by atoms with Crippen molar-refractivity contribution in [2.75, 3.05) is 0 Å². The molecule has 20 heavy (non-hydrogen) atoms. The zero-order valence-electron chi connectivity index (χ0n) is 9.95. The molecule has 3 aromatic rings. The molecule has 0 saturated heterocycles. The number of para-hydroxylation sites is 1. The van der Waals surface area contributed by atoms with Crippen LogP contribution in [0.2, 0.25) is 10.0 Å². The van der Waals surface area contributed by atoms with Crippen molar-refractivity contribution in [2.24, 2.45) is 0 Å². The Morgan fingerprint density at radius 1 is 1.10 bits per heavy atom. The zero-order chi connectivity index (χ0) is 14.3. The van der Waals surface area contributed by atoms with E-state index < -0.39 is 5.82 Å². The molecule has 1 aromatic heterocycles. The molecule has 0 aliphatic carbocycles. The van der Waals surface area contributed by atoms with E-state index in [0.717, 1.165) is 6.07 Å². The number of halogens is 3. The highest BCUT2D eigenvalue weighted by Crippen LogP contribution is 2.34. The van der Waals surface area contributed by atoms with Crippen LogP contribution < -0.4 is 5.56 Å². The summed E-state index contributed by atoms with van der Waals surface area (Å²) in [5.41, 5.74) is 0.334. The number of aromatic nitrogens is 2. The molecule has 0 unspecified atom stereocenters. The quantitative estimate of drug-likeness (QED) is 0.690. The Hall–Kier alpha value is -1.91. The predicted molar refractivity (Wildman–Crippen MR) is 77.8 cm³/mol. The van der Waals surface area contributed by atoms with Gasteiger partial charge in [-0.2, -0.15) is 0 Å². The van der Waals surface area contributed by atoms with Gasteiger partial charge in [-0.15, -0.1) is 0 Å². The molecule has 0 aliphatic heterocycles. The Bertz CT molecular complexity index is 877. The molecule has 0 radical (unpaired) electrons. The van der Waals surface area contributed by atoms with Gasteiger partial charge in [-0.1, -0.05) is 35.3 Å². The molecule has 3 nitrogen and oxygen atoms in total. The summed E-state index contributed by atoms with van der Waals surface area (Å²) in [6.45, 7) is 0. The monoisotopic (exact) mass is 308 g/mol. The fourth-order valence-electron chi connectivity index (χ4n) is 1.95. The van der Waals surface area contributed by atoms with Crippen molar-refractivity contribution in [3.8, 4) is 11.4 Å². The van der Waals surface area contributed by atoms with Gasteiger partial charge >= 0.3 is 0 Å². The molecule has 1 N–H and O–H groups in total. The minimum Gasteiger partial charge on any atom is -0.306 e. The Labute approximate surface area is 123 Å². The number of hydrogen-bond acceptors (Lipinski definition) is 2. The Morgan fingerprint density at radius 3 is 2.65 bits per heavy atom. The van der Waals surface area contributed by atoms with Gasteiger partial charge in [0.15, 0.2) is 0 Å². The van der Waals surface area contributed by atoms with E-state index in [9.17, 15) is 9.18 Å². The normalized spacial score (nSPS) is 10.9. The average molecular weight is 309 g/mol. The largest absolute Gasteiger partial charge is 0.306 e. The molecule has 0 fully saturated rings. The van der Waals surface area contributed by atoms with Crippen LogP contribution in [0.1, 0.15) is 0 Å². The SMILES string of the molecule is O=c1[nH]c(-c2c(Cl)ccc(F)c2Cl)nc2ccccc12. The van der Waals surface area contributed by atoms with Crippen LogP contribution in [0.5, 0.6) is 0 Å². The Morgan fingerprint density at radius 2 is 1.85 bits per heavy atom. The second kappa shape index (κ2) is 4.89. The molecule has 0 spiro atoms. The number of nitrogens with zero attached hydrogens (tertiary/aromatic N) is 1. The van der Waals surface area contributed by atoms with E-state index in [1.165, 1.54) is 6.07 Å². The van der Waals surface area contributed by atoms with Crippen LogP contribution in [0.4, 0.5) is 4.39 Å². The summed E-state index contributed by atoms with van der Waals surface area (Å²) >= 11 is 11.9. The molecular formula is C14H7Cl2FN2O. The summed E-state index contributed by atoms with van der Waals surface area (Å²) in [6, 6.07) is 9.37. The fraction of sp³-hybridized carbons (Fsp3) is 0. The molecule has 0 amide bonds. The van der Waals surface area contributed by atoms with E-state index in [-0.39, 0.29) is 27.0 Å². The van der Waals surface area contributed by atoms with Gasteiger partial charge in [-0.25, -0.2) is 9.37 Å². The van der Waals surface area contributed by atoms with Crippen molar-refractivity contribution < 1.29 is 4.39 Å². The number of fused-ring (bicyclic) bond motifs is 1. The smallest absolute Gasteiger partial charge is 0.259 e. The lowest BCUT2D eigenvalue weighted by atomic mass is 10.2. The molecule has 3 rings (SSSR count). The standard InChI is InChI=1S/C14H7Cl2FN2O/c15-8-5-6-9(17)12(16)11(8)13-18-10-4-2-1-3-7(10)14(20)19-13/h1-6H,(H,18,19,20).